The summed E-state index contributed by atoms with van der Waals surface area (Å²) in [6, 6.07) is 15.7. The SMILES string of the molecule is Cc1ccccc1NC(=O)c1cccc(CC(C)(C)C)c1. The fourth-order valence-corrected chi connectivity index (χ4v) is 2.34. The van der Waals surface area contributed by atoms with Crippen LogP contribution in [0.15, 0.2) is 48.5 Å². The maximum absolute atomic E-state index is 12.4. The molecule has 0 aliphatic carbocycles. The number of para-hydroxylation sites is 1. The molecule has 1 amide bonds. The second-order valence-electron chi connectivity index (χ2n) is 6.71. The minimum absolute atomic E-state index is 0.0555. The maximum Gasteiger partial charge on any atom is 0.255 e. The van der Waals surface area contributed by atoms with Crippen LogP contribution >= 0.6 is 0 Å². The fraction of sp³-hybridized carbons (Fsp3) is 0.316. The first-order valence-corrected chi connectivity index (χ1v) is 7.31. The Hall–Kier alpha value is -2.09. The molecule has 2 heteroatoms. The van der Waals surface area contributed by atoms with Gasteiger partial charge in [0, 0.05) is 11.3 Å². The molecule has 2 nitrogen and oxygen atoms in total. The highest BCUT2D eigenvalue weighted by Gasteiger charge is 2.13. The number of carbonyl (C=O) groups is 1. The minimum Gasteiger partial charge on any atom is -0.322 e. The van der Waals surface area contributed by atoms with Crippen molar-refractivity contribution < 1.29 is 4.79 Å². The van der Waals surface area contributed by atoms with E-state index in [2.05, 4.69) is 32.2 Å². The Bertz CT molecular complexity index is 638. The molecule has 21 heavy (non-hydrogen) atoms. The molecule has 0 saturated heterocycles. The van der Waals surface area contributed by atoms with Crippen molar-refractivity contribution in [3.05, 3.63) is 65.2 Å². The lowest BCUT2D eigenvalue weighted by Crippen LogP contribution is -2.14. The summed E-state index contributed by atoms with van der Waals surface area (Å²) in [7, 11) is 0. The first-order chi connectivity index (χ1) is 9.85. The first-order valence-electron chi connectivity index (χ1n) is 7.31. The minimum atomic E-state index is -0.0555. The summed E-state index contributed by atoms with van der Waals surface area (Å²) in [6.07, 6.45) is 0.957. The number of aryl methyl sites for hydroxylation is 1. The number of carbonyl (C=O) groups excluding carboxylic acids is 1. The van der Waals surface area contributed by atoms with Gasteiger partial charge in [-0.1, -0.05) is 51.1 Å². The van der Waals surface area contributed by atoms with Gasteiger partial charge in [0.1, 0.15) is 0 Å². The lowest BCUT2D eigenvalue weighted by molar-refractivity contribution is 0.102. The van der Waals surface area contributed by atoms with Crippen LogP contribution in [0.1, 0.15) is 42.3 Å². The van der Waals surface area contributed by atoms with Gasteiger partial charge in [-0.25, -0.2) is 0 Å². The number of benzene rings is 2. The van der Waals surface area contributed by atoms with Crippen LogP contribution < -0.4 is 5.32 Å². The highest BCUT2D eigenvalue weighted by Crippen LogP contribution is 2.21. The van der Waals surface area contributed by atoms with Gasteiger partial charge < -0.3 is 5.32 Å². The lowest BCUT2D eigenvalue weighted by Gasteiger charge is -2.18. The van der Waals surface area contributed by atoms with E-state index in [0.717, 1.165) is 17.7 Å². The summed E-state index contributed by atoms with van der Waals surface area (Å²) in [5.74, 6) is -0.0555. The van der Waals surface area contributed by atoms with E-state index in [1.807, 2.05) is 49.4 Å². The molecule has 2 aromatic rings. The van der Waals surface area contributed by atoms with Crippen LogP contribution in [-0.4, -0.2) is 5.91 Å². The van der Waals surface area contributed by atoms with Crippen LogP contribution in [0, 0.1) is 12.3 Å². The van der Waals surface area contributed by atoms with Crippen LogP contribution in [0.5, 0.6) is 0 Å². The Balaban J connectivity index is 2.16. The van der Waals surface area contributed by atoms with Gasteiger partial charge in [-0.2, -0.15) is 0 Å². The summed E-state index contributed by atoms with van der Waals surface area (Å²) in [5, 5.41) is 2.98. The predicted octanol–water partition coefficient (Wildman–Crippen LogP) is 4.84. The van der Waals surface area contributed by atoms with Crippen molar-refractivity contribution in [3.8, 4) is 0 Å². The van der Waals surface area contributed by atoms with Crippen molar-refractivity contribution in [1.29, 1.82) is 0 Å². The van der Waals surface area contributed by atoms with E-state index in [-0.39, 0.29) is 11.3 Å². The summed E-state index contributed by atoms with van der Waals surface area (Å²) in [5.41, 5.74) is 4.05. The predicted molar refractivity (Wildman–Crippen MR) is 88.7 cm³/mol. The smallest absolute Gasteiger partial charge is 0.255 e. The van der Waals surface area contributed by atoms with Gasteiger partial charge in [0.15, 0.2) is 0 Å². The summed E-state index contributed by atoms with van der Waals surface area (Å²) in [6.45, 7) is 8.60. The van der Waals surface area contributed by atoms with Crippen molar-refractivity contribution in [3.63, 3.8) is 0 Å². The first kappa shape index (κ1) is 15.3. The Morgan fingerprint density at radius 2 is 1.76 bits per heavy atom. The fourth-order valence-electron chi connectivity index (χ4n) is 2.34. The summed E-state index contributed by atoms with van der Waals surface area (Å²) >= 11 is 0. The van der Waals surface area contributed by atoms with Crippen LogP contribution in [-0.2, 0) is 6.42 Å². The lowest BCUT2D eigenvalue weighted by atomic mass is 9.87. The molecular weight excluding hydrogens is 258 g/mol. The van der Waals surface area contributed by atoms with Gasteiger partial charge in [0.25, 0.3) is 5.91 Å². The summed E-state index contributed by atoms with van der Waals surface area (Å²) in [4.78, 5) is 12.4. The van der Waals surface area contributed by atoms with E-state index in [0.29, 0.717) is 5.56 Å². The Kier molecular flexibility index (Phi) is 4.46. The second-order valence-corrected chi connectivity index (χ2v) is 6.71. The van der Waals surface area contributed by atoms with E-state index < -0.39 is 0 Å². The van der Waals surface area contributed by atoms with Gasteiger partial charge in [-0.15, -0.1) is 0 Å². The highest BCUT2D eigenvalue weighted by molar-refractivity contribution is 6.04. The van der Waals surface area contributed by atoms with E-state index >= 15 is 0 Å². The molecular formula is C19H23NO. The molecule has 2 aromatic carbocycles. The third-order valence-electron chi connectivity index (χ3n) is 3.32. The number of nitrogens with one attached hydrogen (secondary N) is 1. The van der Waals surface area contributed by atoms with E-state index in [1.165, 1.54) is 5.56 Å². The molecule has 0 aliphatic heterocycles. The van der Waals surface area contributed by atoms with E-state index in [4.69, 9.17) is 0 Å². The topological polar surface area (TPSA) is 29.1 Å². The Labute approximate surface area is 127 Å². The zero-order valence-corrected chi connectivity index (χ0v) is 13.2. The monoisotopic (exact) mass is 281 g/mol. The molecule has 0 aliphatic rings. The molecule has 0 aromatic heterocycles. The quantitative estimate of drug-likeness (QED) is 0.857. The zero-order valence-electron chi connectivity index (χ0n) is 13.2. The molecule has 0 spiro atoms. The molecule has 0 atom stereocenters. The van der Waals surface area contributed by atoms with Gasteiger partial charge in [0.2, 0.25) is 0 Å². The number of hydrogen-bond acceptors (Lipinski definition) is 1. The average molecular weight is 281 g/mol. The van der Waals surface area contributed by atoms with Crippen LogP contribution in [0.3, 0.4) is 0 Å². The number of rotatable bonds is 3. The Morgan fingerprint density at radius 3 is 2.43 bits per heavy atom. The maximum atomic E-state index is 12.4. The molecule has 110 valence electrons. The normalized spacial score (nSPS) is 11.2. The third kappa shape index (κ3) is 4.45. The second kappa shape index (κ2) is 6.13. The third-order valence-corrected chi connectivity index (χ3v) is 3.32. The highest BCUT2D eigenvalue weighted by atomic mass is 16.1. The van der Waals surface area contributed by atoms with Crippen LogP contribution in [0.4, 0.5) is 5.69 Å². The van der Waals surface area contributed by atoms with Gasteiger partial charge in [-0.3, -0.25) is 4.79 Å². The molecule has 0 heterocycles. The molecule has 0 saturated carbocycles. The molecule has 1 N–H and O–H groups in total. The van der Waals surface area contributed by atoms with Crippen LogP contribution in [0.2, 0.25) is 0 Å². The van der Waals surface area contributed by atoms with Gasteiger partial charge in [0.05, 0.1) is 0 Å². The van der Waals surface area contributed by atoms with Crippen molar-refractivity contribution in [2.24, 2.45) is 5.41 Å². The standard InChI is InChI=1S/C19H23NO/c1-14-8-5-6-11-17(14)20-18(21)16-10-7-9-15(12-16)13-19(2,3)4/h5-12H,13H2,1-4H3,(H,20,21). The largest absolute Gasteiger partial charge is 0.322 e. The van der Waals surface area contributed by atoms with Crippen molar-refractivity contribution >= 4 is 11.6 Å². The molecule has 0 radical (unpaired) electrons. The Morgan fingerprint density at radius 1 is 1.05 bits per heavy atom. The van der Waals surface area contributed by atoms with E-state index in [9.17, 15) is 4.79 Å². The average Bonchev–Trinajstić information content (AvgIpc) is 2.39. The molecule has 0 fully saturated rings. The number of hydrogen-bond donors (Lipinski definition) is 1. The molecule has 0 unspecified atom stereocenters. The van der Waals surface area contributed by atoms with Gasteiger partial charge >= 0.3 is 0 Å². The molecule has 2 rings (SSSR count). The van der Waals surface area contributed by atoms with Crippen molar-refractivity contribution in [1.82, 2.24) is 0 Å². The summed E-state index contributed by atoms with van der Waals surface area (Å²) < 4.78 is 0. The van der Waals surface area contributed by atoms with Crippen molar-refractivity contribution in [2.45, 2.75) is 34.1 Å². The number of anilines is 1. The van der Waals surface area contributed by atoms with Crippen molar-refractivity contribution in [2.75, 3.05) is 5.32 Å². The van der Waals surface area contributed by atoms with Crippen LogP contribution in [0.25, 0.3) is 0 Å². The van der Waals surface area contributed by atoms with E-state index in [1.54, 1.807) is 0 Å². The van der Waals surface area contributed by atoms with Gasteiger partial charge in [-0.05, 0) is 48.1 Å². The molecule has 0 bridgehead atoms. The number of amides is 1. The zero-order chi connectivity index (χ0) is 15.5.